The van der Waals surface area contributed by atoms with E-state index < -0.39 is 4.92 Å². The molecule has 1 aromatic rings. The number of nitrogens with one attached hydrogen (secondary N) is 1. The minimum atomic E-state index is -0.436. The number of nitro benzene ring substituents is 1. The number of carbonyl (C=O) groups is 1. The van der Waals surface area contributed by atoms with Gasteiger partial charge >= 0.3 is 0 Å². The van der Waals surface area contributed by atoms with Crippen LogP contribution in [0.4, 0.5) is 5.69 Å². The third-order valence-electron chi connectivity index (χ3n) is 3.83. The van der Waals surface area contributed by atoms with Crippen LogP contribution in [0.3, 0.4) is 0 Å². The molecule has 6 heteroatoms. The van der Waals surface area contributed by atoms with Crippen molar-refractivity contribution < 1.29 is 9.72 Å². The maximum atomic E-state index is 11.9. The second-order valence-electron chi connectivity index (χ2n) is 5.22. The first kappa shape index (κ1) is 14.5. The Balaban J connectivity index is 1.89. The van der Waals surface area contributed by atoms with Crippen molar-refractivity contribution in [2.24, 2.45) is 11.7 Å². The second kappa shape index (κ2) is 6.47. The van der Waals surface area contributed by atoms with Crippen LogP contribution in [0.15, 0.2) is 24.3 Å². The van der Waals surface area contributed by atoms with E-state index in [9.17, 15) is 14.9 Å². The molecule has 0 saturated heterocycles. The molecule has 1 amide bonds. The van der Waals surface area contributed by atoms with E-state index >= 15 is 0 Å². The molecular weight excluding hydrogens is 258 g/mol. The van der Waals surface area contributed by atoms with Gasteiger partial charge in [-0.05, 0) is 18.8 Å². The van der Waals surface area contributed by atoms with Gasteiger partial charge < -0.3 is 11.1 Å². The van der Waals surface area contributed by atoms with Gasteiger partial charge in [-0.1, -0.05) is 24.6 Å². The number of nitrogens with zero attached hydrogens (tertiary/aromatic N) is 1. The lowest BCUT2D eigenvalue weighted by Crippen LogP contribution is -2.31. The fourth-order valence-electron chi connectivity index (χ4n) is 2.66. The molecule has 6 nitrogen and oxygen atoms in total. The molecule has 0 radical (unpaired) electrons. The smallest absolute Gasteiger partial charge is 0.274 e. The van der Waals surface area contributed by atoms with E-state index in [1.807, 2.05) is 0 Å². The number of amides is 1. The van der Waals surface area contributed by atoms with Crippen LogP contribution in [0, 0.1) is 16.0 Å². The molecule has 1 saturated carbocycles. The SMILES string of the molecule is N[C@@H]1CCC[C@H]1CC(=O)NCc1ccccc1[N+](=O)[O-]. The molecule has 3 N–H and O–H groups in total. The lowest BCUT2D eigenvalue weighted by Gasteiger charge is -2.14. The molecule has 0 aromatic heterocycles. The number of carbonyl (C=O) groups excluding carboxylic acids is 1. The van der Waals surface area contributed by atoms with Crippen LogP contribution < -0.4 is 11.1 Å². The van der Waals surface area contributed by atoms with Crippen molar-refractivity contribution in [1.29, 1.82) is 0 Å². The largest absolute Gasteiger partial charge is 0.352 e. The number of nitro groups is 1. The van der Waals surface area contributed by atoms with E-state index in [1.165, 1.54) is 6.07 Å². The summed E-state index contributed by atoms with van der Waals surface area (Å²) in [4.78, 5) is 22.3. The predicted molar refractivity (Wildman–Crippen MR) is 74.9 cm³/mol. The van der Waals surface area contributed by atoms with E-state index in [-0.39, 0.29) is 30.1 Å². The van der Waals surface area contributed by atoms with E-state index in [4.69, 9.17) is 5.73 Å². The highest BCUT2D eigenvalue weighted by atomic mass is 16.6. The van der Waals surface area contributed by atoms with Crippen molar-refractivity contribution in [3.63, 3.8) is 0 Å². The van der Waals surface area contributed by atoms with E-state index in [1.54, 1.807) is 18.2 Å². The van der Waals surface area contributed by atoms with Gasteiger partial charge in [-0.3, -0.25) is 14.9 Å². The van der Waals surface area contributed by atoms with Gasteiger partial charge in [0.05, 0.1) is 4.92 Å². The molecule has 1 fully saturated rings. The first-order valence-corrected chi connectivity index (χ1v) is 6.82. The van der Waals surface area contributed by atoms with Crippen LogP contribution >= 0.6 is 0 Å². The molecule has 1 aliphatic rings. The Kier molecular flexibility index (Phi) is 4.68. The highest BCUT2D eigenvalue weighted by Crippen LogP contribution is 2.26. The summed E-state index contributed by atoms with van der Waals surface area (Å²) in [7, 11) is 0. The molecule has 2 rings (SSSR count). The van der Waals surface area contributed by atoms with E-state index in [0.717, 1.165) is 19.3 Å². The Morgan fingerprint density at radius 1 is 1.40 bits per heavy atom. The first-order valence-electron chi connectivity index (χ1n) is 6.82. The summed E-state index contributed by atoms with van der Waals surface area (Å²) in [6, 6.07) is 6.53. The molecule has 108 valence electrons. The van der Waals surface area contributed by atoms with E-state index in [0.29, 0.717) is 12.0 Å². The molecule has 20 heavy (non-hydrogen) atoms. The van der Waals surface area contributed by atoms with Crippen molar-refractivity contribution in [3.05, 3.63) is 39.9 Å². The van der Waals surface area contributed by atoms with Gasteiger partial charge in [0.1, 0.15) is 0 Å². The maximum absolute atomic E-state index is 11.9. The lowest BCUT2D eigenvalue weighted by molar-refractivity contribution is -0.385. The fourth-order valence-corrected chi connectivity index (χ4v) is 2.66. The standard InChI is InChI=1S/C14H19N3O3/c15-12-6-3-5-10(12)8-14(18)16-9-11-4-1-2-7-13(11)17(19)20/h1-2,4,7,10,12H,3,5-6,8-9,15H2,(H,16,18)/t10-,12+/m0/s1. The molecule has 0 heterocycles. The Morgan fingerprint density at radius 3 is 2.80 bits per heavy atom. The quantitative estimate of drug-likeness (QED) is 0.632. The molecular formula is C14H19N3O3. The highest BCUT2D eigenvalue weighted by molar-refractivity contribution is 5.76. The van der Waals surface area contributed by atoms with Crippen molar-refractivity contribution >= 4 is 11.6 Å². The lowest BCUT2D eigenvalue weighted by atomic mass is 10.00. The fraction of sp³-hybridized carbons (Fsp3) is 0.500. The van der Waals surface area contributed by atoms with Gasteiger partial charge in [0.2, 0.25) is 5.91 Å². The summed E-state index contributed by atoms with van der Waals surface area (Å²) in [5.41, 5.74) is 6.48. The van der Waals surface area contributed by atoms with Gasteiger partial charge in [-0.15, -0.1) is 0 Å². The van der Waals surface area contributed by atoms with Crippen LogP contribution in [-0.4, -0.2) is 16.9 Å². The molecule has 0 aliphatic heterocycles. The molecule has 0 spiro atoms. The van der Waals surface area contributed by atoms with Crippen molar-refractivity contribution in [1.82, 2.24) is 5.32 Å². The first-order chi connectivity index (χ1) is 9.58. The number of benzene rings is 1. The van der Waals surface area contributed by atoms with Gasteiger partial charge in [-0.2, -0.15) is 0 Å². The Bertz CT molecular complexity index is 504. The van der Waals surface area contributed by atoms with Gasteiger partial charge in [-0.25, -0.2) is 0 Å². The molecule has 1 aliphatic carbocycles. The zero-order chi connectivity index (χ0) is 14.5. The average molecular weight is 277 g/mol. The van der Waals surface area contributed by atoms with Crippen molar-refractivity contribution in [2.75, 3.05) is 0 Å². The van der Waals surface area contributed by atoms with Crippen molar-refractivity contribution in [2.45, 2.75) is 38.3 Å². The van der Waals surface area contributed by atoms with Crippen LogP contribution in [0.1, 0.15) is 31.2 Å². The third kappa shape index (κ3) is 3.54. The molecule has 2 atom stereocenters. The molecule has 0 unspecified atom stereocenters. The van der Waals surface area contributed by atoms with Gasteiger partial charge in [0.25, 0.3) is 5.69 Å². The topological polar surface area (TPSA) is 98.3 Å². The Hall–Kier alpha value is -1.95. The minimum Gasteiger partial charge on any atom is -0.352 e. The number of hydrogen-bond acceptors (Lipinski definition) is 4. The average Bonchev–Trinajstić information content (AvgIpc) is 2.82. The van der Waals surface area contributed by atoms with E-state index in [2.05, 4.69) is 5.32 Å². The third-order valence-corrected chi connectivity index (χ3v) is 3.83. The van der Waals surface area contributed by atoms with Crippen molar-refractivity contribution in [3.8, 4) is 0 Å². The summed E-state index contributed by atoms with van der Waals surface area (Å²) in [5.74, 6) is 0.145. The Labute approximate surface area is 117 Å². The zero-order valence-corrected chi connectivity index (χ0v) is 11.2. The zero-order valence-electron chi connectivity index (χ0n) is 11.2. The molecule has 1 aromatic carbocycles. The highest BCUT2D eigenvalue weighted by Gasteiger charge is 2.26. The summed E-state index contributed by atoms with van der Waals surface area (Å²) < 4.78 is 0. The number of hydrogen-bond donors (Lipinski definition) is 2. The number of rotatable bonds is 5. The predicted octanol–water partition coefficient (Wildman–Crippen LogP) is 1.73. The summed E-state index contributed by atoms with van der Waals surface area (Å²) in [6.45, 7) is 0.179. The summed E-state index contributed by atoms with van der Waals surface area (Å²) >= 11 is 0. The van der Waals surface area contributed by atoms with Crippen LogP contribution in [-0.2, 0) is 11.3 Å². The monoisotopic (exact) mass is 277 g/mol. The maximum Gasteiger partial charge on any atom is 0.274 e. The minimum absolute atomic E-state index is 0.0327. The Morgan fingerprint density at radius 2 is 2.15 bits per heavy atom. The summed E-state index contributed by atoms with van der Waals surface area (Å²) in [6.07, 6.45) is 3.44. The summed E-state index contributed by atoms with van der Waals surface area (Å²) in [5, 5.41) is 13.6. The van der Waals surface area contributed by atoms with Gasteiger partial charge in [0.15, 0.2) is 0 Å². The normalized spacial score (nSPS) is 21.6. The van der Waals surface area contributed by atoms with Gasteiger partial charge in [0, 0.05) is 30.6 Å². The number of nitrogens with two attached hydrogens (primary N) is 1. The second-order valence-corrected chi connectivity index (χ2v) is 5.22. The van der Waals surface area contributed by atoms with Crippen LogP contribution in [0.2, 0.25) is 0 Å². The number of para-hydroxylation sites is 1. The van der Waals surface area contributed by atoms with Crippen LogP contribution in [0.25, 0.3) is 0 Å². The van der Waals surface area contributed by atoms with Crippen LogP contribution in [0.5, 0.6) is 0 Å². The molecule has 0 bridgehead atoms.